The highest BCUT2D eigenvalue weighted by Gasteiger charge is 2.05. The quantitative estimate of drug-likeness (QED) is 0.572. The Bertz CT molecular complexity index is 1010. The summed E-state index contributed by atoms with van der Waals surface area (Å²) >= 11 is 1.16. The molecule has 112 valence electrons. The third-order valence-electron chi connectivity index (χ3n) is 3.52. The zero-order valence-corrected chi connectivity index (χ0v) is 12.8. The summed E-state index contributed by atoms with van der Waals surface area (Å²) < 4.78 is 8.30. The summed E-state index contributed by atoms with van der Waals surface area (Å²) in [5.74, 6) is 0. The molecule has 0 atom stereocenters. The Morgan fingerprint density at radius 1 is 0.783 bits per heavy atom. The van der Waals surface area contributed by atoms with Gasteiger partial charge >= 0.3 is 6.03 Å². The molecule has 0 radical (unpaired) electrons. The highest BCUT2D eigenvalue weighted by molar-refractivity contribution is 7.00. The summed E-state index contributed by atoms with van der Waals surface area (Å²) in [5.41, 5.74) is 3.04. The van der Waals surface area contributed by atoms with Crippen LogP contribution in [0.5, 0.6) is 0 Å². The Morgan fingerprint density at radius 3 is 2.35 bits per heavy atom. The number of amides is 2. The summed E-state index contributed by atoms with van der Waals surface area (Å²) in [7, 11) is 0. The molecule has 1 aromatic heterocycles. The van der Waals surface area contributed by atoms with Crippen LogP contribution in [0.25, 0.3) is 21.8 Å². The number of nitrogens with one attached hydrogen (secondary N) is 2. The Kier molecular flexibility index (Phi) is 3.36. The molecule has 4 rings (SSSR count). The van der Waals surface area contributed by atoms with Crippen LogP contribution in [0.3, 0.4) is 0 Å². The molecule has 0 unspecified atom stereocenters. The number of hydrogen-bond donors (Lipinski definition) is 2. The van der Waals surface area contributed by atoms with Crippen LogP contribution < -0.4 is 10.6 Å². The lowest BCUT2D eigenvalue weighted by Gasteiger charge is -2.08. The molecule has 23 heavy (non-hydrogen) atoms. The molecule has 0 aliphatic heterocycles. The zero-order chi connectivity index (χ0) is 15.6. The average Bonchev–Trinajstić information content (AvgIpc) is 3.02. The van der Waals surface area contributed by atoms with Gasteiger partial charge in [-0.2, -0.15) is 8.75 Å². The first-order valence-electron chi connectivity index (χ1n) is 7.07. The molecule has 2 amide bonds. The first-order valence-corrected chi connectivity index (χ1v) is 7.80. The fraction of sp³-hybridized carbons (Fsp3) is 0. The van der Waals surface area contributed by atoms with Gasteiger partial charge in [-0.15, -0.1) is 0 Å². The van der Waals surface area contributed by atoms with Gasteiger partial charge in [0.05, 0.1) is 11.7 Å². The molecule has 0 saturated heterocycles. The van der Waals surface area contributed by atoms with E-state index in [1.54, 1.807) is 6.07 Å². The lowest BCUT2D eigenvalue weighted by Crippen LogP contribution is -2.19. The Morgan fingerprint density at radius 2 is 1.48 bits per heavy atom. The predicted octanol–water partition coefficient (Wildman–Crippen LogP) is 4.49. The van der Waals surface area contributed by atoms with Gasteiger partial charge in [0.2, 0.25) is 0 Å². The van der Waals surface area contributed by atoms with E-state index in [0.29, 0.717) is 5.69 Å². The minimum atomic E-state index is -0.289. The fourth-order valence-electron chi connectivity index (χ4n) is 2.42. The maximum Gasteiger partial charge on any atom is 0.323 e. The monoisotopic (exact) mass is 320 g/mol. The minimum absolute atomic E-state index is 0.289. The number of anilines is 2. The van der Waals surface area contributed by atoms with Gasteiger partial charge in [0.1, 0.15) is 11.0 Å². The third kappa shape index (κ3) is 2.84. The molecular formula is C17H12N4OS. The smallest absolute Gasteiger partial charge is 0.308 e. The lowest BCUT2D eigenvalue weighted by molar-refractivity contribution is 0.262. The Labute approximate surface area is 136 Å². The van der Waals surface area contributed by atoms with Crippen molar-refractivity contribution in [2.45, 2.75) is 0 Å². The van der Waals surface area contributed by atoms with Crippen molar-refractivity contribution in [3.05, 3.63) is 60.7 Å². The molecule has 0 saturated carbocycles. The zero-order valence-electron chi connectivity index (χ0n) is 12.0. The van der Waals surface area contributed by atoms with E-state index < -0.39 is 0 Å². The van der Waals surface area contributed by atoms with Crippen molar-refractivity contribution >= 4 is 50.9 Å². The predicted molar refractivity (Wildman–Crippen MR) is 94.0 cm³/mol. The van der Waals surface area contributed by atoms with Crippen molar-refractivity contribution in [1.82, 2.24) is 8.75 Å². The Balaban J connectivity index is 1.51. The maximum atomic E-state index is 12.1. The van der Waals surface area contributed by atoms with Crippen LogP contribution >= 0.6 is 11.7 Å². The van der Waals surface area contributed by atoms with E-state index in [2.05, 4.69) is 19.4 Å². The van der Waals surface area contributed by atoms with E-state index in [1.165, 1.54) is 0 Å². The number of benzene rings is 3. The van der Waals surface area contributed by atoms with E-state index in [0.717, 1.165) is 39.2 Å². The normalized spacial score (nSPS) is 10.8. The number of aromatic nitrogens is 2. The van der Waals surface area contributed by atoms with Crippen LogP contribution in [0.4, 0.5) is 16.2 Å². The first kappa shape index (κ1) is 13.7. The van der Waals surface area contributed by atoms with Crippen molar-refractivity contribution in [3.63, 3.8) is 0 Å². The van der Waals surface area contributed by atoms with Gasteiger partial charge in [0.25, 0.3) is 0 Å². The first-order chi connectivity index (χ1) is 11.3. The number of nitrogens with zero attached hydrogens (tertiary/aromatic N) is 2. The summed E-state index contributed by atoms with van der Waals surface area (Å²) in [6.07, 6.45) is 0. The van der Waals surface area contributed by atoms with Gasteiger partial charge < -0.3 is 10.6 Å². The van der Waals surface area contributed by atoms with Gasteiger partial charge in [0.15, 0.2) is 0 Å². The summed E-state index contributed by atoms with van der Waals surface area (Å²) in [5, 5.41) is 7.87. The van der Waals surface area contributed by atoms with Crippen molar-refractivity contribution in [1.29, 1.82) is 0 Å². The number of hydrogen-bond acceptors (Lipinski definition) is 4. The van der Waals surface area contributed by atoms with E-state index in [-0.39, 0.29) is 6.03 Å². The number of fused-ring (bicyclic) bond motifs is 2. The van der Waals surface area contributed by atoms with Crippen molar-refractivity contribution in [3.8, 4) is 0 Å². The summed E-state index contributed by atoms with van der Waals surface area (Å²) in [6, 6.07) is 19.0. The van der Waals surface area contributed by atoms with Crippen molar-refractivity contribution in [2.24, 2.45) is 0 Å². The largest absolute Gasteiger partial charge is 0.323 e. The second-order valence-electron chi connectivity index (χ2n) is 5.11. The molecule has 0 spiro atoms. The van der Waals surface area contributed by atoms with Crippen LogP contribution in [0.2, 0.25) is 0 Å². The minimum Gasteiger partial charge on any atom is -0.308 e. The topological polar surface area (TPSA) is 66.9 Å². The number of rotatable bonds is 2. The van der Waals surface area contributed by atoms with Crippen LogP contribution in [0.15, 0.2) is 60.7 Å². The van der Waals surface area contributed by atoms with Crippen molar-refractivity contribution in [2.75, 3.05) is 10.6 Å². The number of urea groups is 1. The van der Waals surface area contributed by atoms with Crippen LogP contribution in [0.1, 0.15) is 0 Å². The van der Waals surface area contributed by atoms with Crippen molar-refractivity contribution < 1.29 is 4.79 Å². The second kappa shape index (κ2) is 5.66. The highest BCUT2D eigenvalue weighted by atomic mass is 32.1. The SMILES string of the molecule is O=C(Nc1ccc2ccccc2c1)Nc1ccc2nsnc2c1. The molecular weight excluding hydrogens is 308 g/mol. The van der Waals surface area contributed by atoms with E-state index in [1.807, 2.05) is 54.6 Å². The van der Waals surface area contributed by atoms with E-state index in [9.17, 15) is 4.79 Å². The van der Waals surface area contributed by atoms with Gasteiger partial charge in [-0.25, -0.2) is 4.79 Å². The summed E-state index contributed by atoms with van der Waals surface area (Å²) in [4.78, 5) is 12.1. The van der Waals surface area contributed by atoms with Crippen LogP contribution in [0, 0.1) is 0 Å². The maximum absolute atomic E-state index is 12.1. The van der Waals surface area contributed by atoms with Gasteiger partial charge in [-0.3, -0.25) is 0 Å². The molecule has 0 aliphatic carbocycles. The molecule has 0 aliphatic rings. The number of carbonyl (C=O) groups is 1. The fourth-order valence-corrected chi connectivity index (χ4v) is 2.94. The average molecular weight is 320 g/mol. The Hall–Kier alpha value is -2.99. The number of carbonyl (C=O) groups excluding carboxylic acids is 1. The van der Waals surface area contributed by atoms with Gasteiger partial charge in [-0.05, 0) is 41.1 Å². The standard InChI is InChI=1S/C17H12N4OS/c22-17(19-14-7-8-15-16(10-14)21-23-20-15)18-13-6-5-11-3-1-2-4-12(11)9-13/h1-10H,(H2,18,19,22). The lowest BCUT2D eigenvalue weighted by atomic mass is 10.1. The third-order valence-corrected chi connectivity index (χ3v) is 4.08. The van der Waals surface area contributed by atoms with E-state index in [4.69, 9.17) is 0 Å². The molecule has 0 fully saturated rings. The molecule has 6 heteroatoms. The van der Waals surface area contributed by atoms with Crippen LogP contribution in [-0.4, -0.2) is 14.8 Å². The second-order valence-corrected chi connectivity index (χ2v) is 5.64. The molecule has 4 aromatic rings. The van der Waals surface area contributed by atoms with Gasteiger partial charge in [-0.1, -0.05) is 30.3 Å². The van der Waals surface area contributed by atoms with Gasteiger partial charge in [0, 0.05) is 11.4 Å². The molecule has 0 bridgehead atoms. The highest BCUT2D eigenvalue weighted by Crippen LogP contribution is 2.20. The molecule has 1 heterocycles. The molecule has 5 nitrogen and oxygen atoms in total. The van der Waals surface area contributed by atoms with E-state index >= 15 is 0 Å². The van der Waals surface area contributed by atoms with Crippen LogP contribution in [-0.2, 0) is 0 Å². The molecule has 3 aromatic carbocycles. The summed E-state index contributed by atoms with van der Waals surface area (Å²) in [6.45, 7) is 0. The molecule has 2 N–H and O–H groups in total.